The van der Waals surface area contributed by atoms with Gasteiger partial charge in [0.1, 0.15) is 5.75 Å². The van der Waals surface area contributed by atoms with Crippen molar-refractivity contribution in [2.24, 2.45) is 10.9 Å². The van der Waals surface area contributed by atoms with Crippen LogP contribution in [0.25, 0.3) is 0 Å². The molecule has 0 radical (unpaired) electrons. The first-order valence-corrected chi connectivity index (χ1v) is 10.0. The molecule has 1 aliphatic heterocycles. The molecule has 158 valence electrons. The van der Waals surface area contributed by atoms with Crippen LogP contribution in [0, 0.1) is 12.8 Å². The van der Waals surface area contributed by atoms with E-state index >= 15 is 0 Å². The molecule has 1 aromatic rings. The van der Waals surface area contributed by atoms with E-state index in [0.717, 1.165) is 48.9 Å². The van der Waals surface area contributed by atoms with Crippen LogP contribution < -0.4 is 15.4 Å². The first-order chi connectivity index (χ1) is 12.9. The SMILES string of the molecule is CCNC(=NCc1ccc(OCC)c(C)c1)NC1CCN(C(=O)C(C)C)C1.I. The Kier molecular flexibility index (Phi) is 10.6. The molecule has 2 N–H and O–H groups in total. The normalized spacial score (nSPS) is 16.7. The second-order valence-electron chi connectivity index (χ2n) is 7.30. The van der Waals surface area contributed by atoms with Crippen molar-refractivity contribution < 1.29 is 9.53 Å². The molecule has 0 aromatic heterocycles. The van der Waals surface area contributed by atoms with Gasteiger partial charge in [-0.1, -0.05) is 26.0 Å². The van der Waals surface area contributed by atoms with E-state index in [4.69, 9.17) is 9.73 Å². The van der Waals surface area contributed by atoms with Crippen molar-refractivity contribution in [2.45, 2.75) is 53.6 Å². The zero-order valence-corrected chi connectivity index (χ0v) is 20.1. The molecule has 1 aromatic carbocycles. The number of amides is 1. The number of carbonyl (C=O) groups excluding carboxylic acids is 1. The van der Waals surface area contributed by atoms with Crippen LogP contribution in [-0.4, -0.2) is 49.0 Å². The van der Waals surface area contributed by atoms with E-state index in [1.54, 1.807) is 0 Å². The first kappa shape index (κ1) is 24.5. The molecule has 0 aliphatic carbocycles. The molecular weight excluding hydrogens is 467 g/mol. The van der Waals surface area contributed by atoms with Crippen LogP contribution in [-0.2, 0) is 11.3 Å². The number of halogens is 1. The van der Waals surface area contributed by atoms with E-state index in [0.29, 0.717) is 13.2 Å². The number of aryl methyl sites for hydroxylation is 1. The summed E-state index contributed by atoms with van der Waals surface area (Å²) in [4.78, 5) is 18.8. The lowest BCUT2D eigenvalue weighted by Gasteiger charge is -2.20. The molecule has 0 spiro atoms. The number of nitrogens with one attached hydrogen (secondary N) is 2. The maximum absolute atomic E-state index is 12.2. The highest BCUT2D eigenvalue weighted by Gasteiger charge is 2.27. The second kappa shape index (κ2) is 12.1. The lowest BCUT2D eigenvalue weighted by molar-refractivity contribution is -0.133. The Morgan fingerprint density at radius 1 is 1.36 bits per heavy atom. The van der Waals surface area contributed by atoms with Gasteiger partial charge in [-0.15, -0.1) is 24.0 Å². The largest absolute Gasteiger partial charge is 0.494 e. The van der Waals surface area contributed by atoms with E-state index in [1.165, 1.54) is 0 Å². The summed E-state index contributed by atoms with van der Waals surface area (Å²) in [6.07, 6.45) is 0.949. The Morgan fingerprint density at radius 2 is 2.11 bits per heavy atom. The van der Waals surface area contributed by atoms with Gasteiger partial charge in [-0.05, 0) is 44.4 Å². The molecule has 1 unspecified atom stereocenters. The topological polar surface area (TPSA) is 66.0 Å². The summed E-state index contributed by atoms with van der Waals surface area (Å²) in [5.41, 5.74) is 2.28. The van der Waals surface area contributed by atoms with E-state index in [9.17, 15) is 4.79 Å². The van der Waals surface area contributed by atoms with Crippen LogP contribution >= 0.6 is 24.0 Å². The minimum Gasteiger partial charge on any atom is -0.494 e. The average molecular weight is 502 g/mol. The Balaban J connectivity index is 0.00000392. The van der Waals surface area contributed by atoms with Crippen molar-refractivity contribution in [3.05, 3.63) is 29.3 Å². The van der Waals surface area contributed by atoms with Gasteiger partial charge in [0.05, 0.1) is 13.2 Å². The Hall–Kier alpha value is -1.51. The summed E-state index contributed by atoms with van der Waals surface area (Å²) >= 11 is 0. The van der Waals surface area contributed by atoms with Gasteiger partial charge in [0.2, 0.25) is 5.91 Å². The van der Waals surface area contributed by atoms with Gasteiger partial charge < -0.3 is 20.3 Å². The summed E-state index contributed by atoms with van der Waals surface area (Å²) < 4.78 is 5.60. The van der Waals surface area contributed by atoms with Gasteiger partial charge in [-0.25, -0.2) is 4.99 Å². The number of rotatable bonds is 7. The van der Waals surface area contributed by atoms with Crippen molar-refractivity contribution in [3.63, 3.8) is 0 Å². The molecule has 1 fully saturated rings. The molecule has 1 heterocycles. The molecule has 1 atom stereocenters. The third-order valence-electron chi connectivity index (χ3n) is 4.64. The Labute approximate surface area is 186 Å². The summed E-state index contributed by atoms with van der Waals surface area (Å²) in [6.45, 7) is 13.6. The second-order valence-corrected chi connectivity index (χ2v) is 7.30. The van der Waals surface area contributed by atoms with Gasteiger partial charge in [0.25, 0.3) is 0 Å². The summed E-state index contributed by atoms with van der Waals surface area (Å²) in [6, 6.07) is 6.43. The number of nitrogens with zero attached hydrogens (tertiary/aromatic N) is 2. The Morgan fingerprint density at radius 3 is 2.71 bits per heavy atom. The smallest absolute Gasteiger partial charge is 0.225 e. The molecule has 2 rings (SSSR count). The highest BCUT2D eigenvalue weighted by molar-refractivity contribution is 14.0. The van der Waals surface area contributed by atoms with Crippen LogP contribution in [0.5, 0.6) is 5.75 Å². The van der Waals surface area contributed by atoms with Crippen LogP contribution in [0.1, 0.15) is 45.2 Å². The molecule has 1 saturated heterocycles. The number of carbonyl (C=O) groups is 1. The van der Waals surface area contributed by atoms with Crippen molar-refractivity contribution in [1.29, 1.82) is 0 Å². The monoisotopic (exact) mass is 502 g/mol. The average Bonchev–Trinajstić information content (AvgIpc) is 3.09. The number of hydrogen-bond acceptors (Lipinski definition) is 3. The molecular formula is C21H35IN4O2. The Bertz CT molecular complexity index is 664. The van der Waals surface area contributed by atoms with Crippen LogP contribution in [0.4, 0.5) is 0 Å². The predicted octanol–water partition coefficient (Wildman–Crippen LogP) is 3.32. The quantitative estimate of drug-likeness (QED) is 0.341. The lowest BCUT2D eigenvalue weighted by Crippen LogP contribution is -2.45. The van der Waals surface area contributed by atoms with E-state index < -0.39 is 0 Å². The summed E-state index contributed by atoms with van der Waals surface area (Å²) in [5.74, 6) is 2.00. The summed E-state index contributed by atoms with van der Waals surface area (Å²) in [7, 11) is 0. The van der Waals surface area contributed by atoms with E-state index in [2.05, 4.69) is 36.6 Å². The maximum atomic E-state index is 12.2. The van der Waals surface area contributed by atoms with E-state index in [1.807, 2.05) is 31.7 Å². The lowest BCUT2D eigenvalue weighted by atomic mass is 10.1. The van der Waals surface area contributed by atoms with Crippen LogP contribution in [0.3, 0.4) is 0 Å². The number of aliphatic imine (C=N–C) groups is 1. The van der Waals surface area contributed by atoms with Gasteiger partial charge in [0.15, 0.2) is 5.96 Å². The zero-order valence-electron chi connectivity index (χ0n) is 17.7. The third-order valence-corrected chi connectivity index (χ3v) is 4.64. The van der Waals surface area contributed by atoms with Gasteiger partial charge in [0, 0.05) is 31.6 Å². The number of guanidine groups is 1. The summed E-state index contributed by atoms with van der Waals surface area (Å²) in [5, 5.41) is 6.78. The van der Waals surface area contributed by atoms with Gasteiger partial charge in [-0.3, -0.25) is 4.79 Å². The molecule has 7 heteroatoms. The molecule has 28 heavy (non-hydrogen) atoms. The number of hydrogen-bond donors (Lipinski definition) is 2. The van der Waals surface area contributed by atoms with E-state index in [-0.39, 0.29) is 41.8 Å². The zero-order chi connectivity index (χ0) is 19.8. The fraction of sp³-hybridized carbons (Fsp3) is 0.619. The van der Waals surface area contributed by atoms with Crippen molar-refractivity contribution >= 4 is 35.8 Å². The fourth-order valence-electron chi connectivity index (χ4n) is 3.25. The molecule has 0 bridgehead atoms. The minimum absolute atomic E-state index is 0. The number of likely N-dealkylation sites (tertiary alicyclic amines) is 1. The van der Waals surface area contributed by atoms with Gasteiger partial charge >= 0.3 is 0 Å². The van der Waals surface area contributed by atoms with Crippen LogP contribution in [0.15, 0.2) is 23.2 Å². The van der Waals surface area contributed by atoms with Crippen LogP contribution in [0.2, 0.25) is 0 Å². The van der Waals surface area contributed by atoms with Gasteiger partial charge in [-0.2, -0.15) is 0 Å². The standard InChI is InChI=1S/C21H34N4O2.HI/c1-6-22-21(24-18-10-11-25(14-18)20(26)15(3)4)23-13-17-8-9-19(27-7-2)16(5)12-17;/h8-9,12,15,18H,6-7,10-11,13-14H2,1-5H3,(H2,22,23,24);1H. The third kappa shape index (κ3) is 7.14. The molecule has 0 saturated carbocycles. The first-order valence-electron chi connectivity index (χ1n) is 10.0. The molecule has 1 amide bonds. The molecule has 1 aliphatic rings. The van der Waals surface area contributed by atoms with Crippen molar-refractivity contribution in [3.8, 4) is 5.75 Å². The fourth-order valence-corrected chi connectivity index (χ4v) is 3.25. The predicted molar refractivity (Wildman–Crippen MR) is 126 cm³/mol. The van der Waals surface area contributed by atoms with Crippen molar-refractivity contribution in [2.75, 3.05) is 26.2 Å². The highest BCUT2D eigenvalue weighted by atomic mass is 127. The highest BCUT2D eigenvalue weighted by Crippen LogP contribution is 2.19. The van der Waals surface area contributed by atoms with Crippen molar-refractivity contribution in [1.82, 2.24) is 15.5 Å². The molecule has 6 nitrogen and oxygen atoms in total. The number of benzene rings is 1. The maximum Gasteiger partial charge on any atom is 0.225 e. The number of ether oxygens (including phenoxy) is 1. The minimum atomic E-state index is 0.